The first-order valence-corrected chi connectivity index (χ1v) is 7.95. The second-order valence-corrected chi connectivity index (χ2v) is 5.82. The Morgan fingerprint density at radius 1 is 1.00 bits per heavy atom. The largest absolute Gasteiger partial charge is 0.293 e. The highest BCUT2D eigenvalue weighted by Crippen LogP contribution is 2.20. The summed E-state index contributed by atoms with van der Waals surface area (Å²) in [5.74, 6) is 0.190. The van der Waals surface area contributed by atoms with Gasteiger partial charge in [0.15, 0.2) is 5.78 Å². The average molecular weight is 292 g/mol. The van der Waals surface area contributed by atoms with Gasteiger partial charge in [0.1, 0.15) is 5.82 Å². The number of hydrogen-bond acceptors (Lipinski definition) is 3. The quantitative estimate of drug-likeness (QED) is 0.595. The minimum absolute atomic E-state index is 0.0852. The number of halogens is 1. The molecule has 0 bridgehead atoms. The molecule has 98 valence electrons. The van der Waals surface area contributed by atoms with E-state index in [9.17, 15) is 9.18 Å². The second kappa shape index (κ2) is 6.78. The van der Waals surface area contributed by atoms with E-state index >= 15 is 0 Å². The third-order valence-corrected chi connectivity index (χ3v) is 4.35. The maximum atomic E-state index is 12.7. The van der Waals surface area contributed by atoms with Crippen LogP contribution in [0.2, 0.25) is 0 Å². The monoisotopic (exact) mass is 292 g/mol. The van der Waals surface area contributed by atoms with Gasteiger partial charge in [0.25, 0.3) is 0 Å². The van der Waals surface area contributed by atoms with E-state index in [2.05, 4.69) is 0 Å². The Morgan fingerprint density at radius 2 is 1.58 bits per heavy atom. The topological polar surface area (TPSA) is 17.1 Å². The van der Waals surface area contributed by atoms with Crippen LogP contribution in [0, 0.1) is 5.82 Å². The number of ketones is 1. The van der Waals surface area contributed by atoms with Crippen molar-refractivity contribution in [1.82, 2.24) is 0 Å². The minimum atomic E-state index is -0.261. The molecule has 2 rings (SSSR count). The molecule has 0 amide bonds. The molecule has 0 fully saturated rings. The predicted molar refractivity (Wildman–Crippen MR) is 79.7 cm³/mol. The van der Waals surface area contributed by atoms with Crippen molar-refractivity contribution in [2.45, 2.75) is 9.79 Å². The lowest BCUT2D eigenvalue weighted by atomic mass is 10.1. The van der Waals surface area contributed by atoms with Crippen molar-refractivity contribution in [3.8, 4) is 0 Å². The molecular weight excluding hydrogens is 279 g/mol. The summed E-state index contributed by atoms with van der Waals surface area (Å²) in [5.41, 5.74) is 0.715. The molecule has 1 nitrogen and oxygen atoms in total. The fraction of sp³-hybridized carbons (Fsp3) is 0.133. The van der Waals surface area contributed by atoms with Crippen LogP contribution in [0.25, 0.3) is 0 Å². The van der Waals surface area contributed by atoms with Crippen LogP contribution in [0.4, 0.5) is 4.39 Å². The second-order valence-electron chi connectivity index (χ2n) is 3.89. The number of thioether (sulfide) groups is 2. The SMILES string of the molecule is CSc1ccc(C(=O)CSc2ccc(F)cc2)cc1. The van der Waals surface area contributed by atoms with Gasteiger partial charge in [-0.05, 0) is 42.7 Å². The van der Waals surface area contributed by atoms with E-state index in [4.69, 9.17) is 0 Å². The van der Waals surface area contributed by atoms with Gasteiger partial charge in [0, 0.05) is 15.4 Å². The van der Waals surface area contributed by atoms with Crippen LogP contribution in [0.3, 0.4) is 0 Å². The molecule has 0 N–H and O–H groups in total. The van der Waals surface area contributed by atoms with E-state index in [0.29, 0.717) is 11.3 Å². The third-order valence-electron chi connectivity index (χ3n) is 2.60. The van der Waals surface area contributed by atoms with Crippen LogP contribution in [0.5, 0.6) is 0 Å². The molecule has 0 saturated carbocycles. The molecule has 0 spiro atoms. The lowest BCUT2D eigenvalue weighted by Crippen LogP contribution is -2.01. The fourth-order valence-electron chi connectivity index (χ4n) is 1.54. The summed E-state index contributed by atoms with van der Waals surface area (Å²) >= 11 is 3.07. The number of Topliss-reactive ketones (excluding diaryl/α,β-unsaturated/α-hetero) is 1. The van der Waals surface area contributed by atoms with Crippen molar-refractivity contribution in [2.75, 3.05) is 12.0 Å². The minimum Gasteiger partial charge on any atom is -0.293 e. The molecule has 0 unspecified atom stereocenters. The van der Waals surface area contributed by atoms with Crippen LogP contribution in [0.1, 0.15) is 10.4 Å². The van der Waals surface area contributed by atoms with Gasteiger partial charge >= 0.3 is 0 Å². The highest BCUT2D eigenvalue weighted by molar-refractivity contribution is 8.00. The van der Waals surface area contributed by atoms with Crippen LogP contribution in [-0.2, 0) is 0 Å². The van der Waals surface area contributed by atoms with E-state index in [1.807, 2.05) is 30.5 Å². The Morgan fingerprint density at radius 3 is 2.16 bits per heavy atom. The molecule has 0 heterocycles. The standard InChI is InChI=1S/C15H13FOS2/c1-18-13-6-2-11(3-7-13)15(17)10-19-14-8-4-12(16)5-9-14/h2-9H,10H2,1H3. The first kappa shape index (κ1) is 14.2. The predicted octanol–water partition coefficient (Wildman–Crippen LogP) is 4.52. The van der Waals surface area contributed by atoms with Crippen LogP contribution in [0.15, 0.2) is 58.3 Å². The van der Waals surface area contributed by atoms with E-state index in [-0.39, 0.29) is 11.6 Å². The Balaban J connectivity index is 1.95. The van der Waals surface area contributed by atoms with Crippen molar-refractivity contribution in [2.24, 2.45) is 0 Å². The smallest absolute Gasteiger partial charge is 0.173 e. The van der Waals surface area contributed by atoms with Gasteiger partial charge in [-0.25, -0.2) is 4.39 Å². The Hall–Kier alpha value is -1.26. The van der Waals surface area contributed by atoms with Crippen molar-refractivity contribution in [3.63, 3.8) is 0 Å². The molecule has 4 heteroatoms. The summed E-state index contributed by atoms with van der Waals surface area (Å²) in [6.07, 6.45) is 2.00. The first-order chi connectivity index (χ1) is 9.19. The summed E-state index contributed by atoms with van der Waals surface area (Å²) in [7, 11) is 0. The van der Waals surface area contributed by atoms with Gasteiger partial charge in [-0.3, -0.25) is 4.79 Å². The van der Waals surface area contributed by atoms with E-state index < -0.39 is 0 Å². The molecule has 19 heavy (non-hydrogen) atoms. The fourth-order valence-corrected chi connectivity index (χ4v) is 2.74. The summed E-state index contributed by atoms with van der Waals surface area (Å²) < 4.78 is 12.7. The Kier molecular flexibility index (Phi) is 5.05. The normalized spacial score (nSPS) is 10.4. The third kappa shape index (κ3) is 4.11. The highest BCUT2D eigenvalue weighted by Gasteiger charge is 2.06. The summed E-state index contributed by atoms with van der Waals surface area (Å²) in [5, 5.41) is 0. The molecule has 0 aliphatic rings. The molecule has 0 aliphatic carbocycles. The van der Waals surface area contributed by atoms with Crippen LogP contribution in [-0.4, -0.2) is 17.8 Å². The molecule has 0 saturated heterocycles. The molecule has 2 aromatic carbocycles. The summed E-state index contributed by atoms with van der Waals surface area (Å²) in [6, 6.07) is 13.8. The molecule has 0 atom stereocenters. The average Bonchev–Trinajstić information content (AvgIpc) is 2.46. The zero-order valence-electron chi connectivity index (χ0n) is 10.4. The lowest BCUT2D eigenvalue weighted by molar-refractivity contribution is 0.102. The number of rotatable bonds is 5. The van der Waals surface area contributed by atoms with E-state index in [1.165, 1.54) is 23.9 Å². The summed E-state index contributed by atoms with van der Waals surface area (Å²) in [6.45, 7) is 0. The molecule has 0 aromatic heterocycles. The Bertz CT molecular complexity index is 549. The van der Waals surface area contributed by atoms with Gasteiger partial charge in [0.05, 0.1) is 5.75 Å². The first-order valence-electron chi connectivity index (χ1n) is 5.74. The number of carbonyl (C=O) groups is 1. The molecule has 0 aliphatic heterocycles. The number of hydrogen-bond donors (Lipinski definition) is 0. The maximum absolute atomic E-state index is 12.7. The molecular formula is C15H13FOS2. The summed E-state index contributed by atoms with van der Waals surface area (Å²) in [4.78, 5) is 14.0. The maximum Gasteiger partial charge on any atom is 0.173 e. The van der Waals surface area contributed by atoms with Crippen molar-refractivity contribution < 1.29 is 9.18 Å². The van der Waals surface area contributed by atoms with Crippen molar-refractivity contribution in [1.29, 1.82) is 0 Å². The number of benzene rings is 2. The molecule has 0 radical (unpaired) electrons. The van der Waals surface area contributed by atoms with Gasteiger partial charge in [-0.15, -0.1) is 23.5 Å². The van der Waals surface area contributed by atoms with Gasteiger partial charge in [0.2, 0.25) is 0 Å². The van der Waals surface area contributed by atoms with Crippen molar-refractivity contribution in [3.05, 3.63) is 59.9 Å². The van der Waals surface area contributed by atoms with Crippen LogP contribution >= 0.6 is 23.5 Å². The van der Waals surface area contributed by atoms with Crippen LogP contribution < -0.4 is 0 Å². The zero-order chi connectivity index (χ0) is 13.7. The highest BCUT2D eigenvalue weighted by atomic mass is 32.2. The Labute approximate surface area is 120 Å². The van der Waals surface area contributed by atoms with E-state index in [1.54, 1.807) is 23.9 Å². The van der Waals surface area contributed by atoms with Gasteiger partial charge < -0.3 is 0 Å². The van der Waals surface area contributed by atoms with Crippen molar-refractivity contribution >= 4 is 29.3 Å². The molecule has 2 aromatic rings. The zero-order valence-corrected chi connectivity index (χ0v) is 12.1. The van der Waals surface area contributed by atoms with E-state index in [0.717, 1.165) is 9.79 Å². The van der Waals surface area contributed by atoms with Gasteiger partial charge in [-0.2, -0.15) is 0 Å². The lowest BCUT2D eigenvalue weighted by Gasteiger charge is -2.03. The van der Waals surface area contributed by atoms with Gasteiger partial charge in [-0.1, -0.05) is 12.1 Å². The number of carbonyl (C=O) groups excluding carboxylic acids is 1.